The van der Waals surface area contributed by atoms with Gasteiger partial charge in [0, 0.05) is 30.9 Å². The lowest BCUT2D eigenvalue weighted by Crippen LogP contribution is -2.33. The molecule has 3 nitrogen and oxygen atoms in total. The normalized spacial score (nSPS) is 23.4. The Morgan fingerprint density at radius 2 is 2.11 bits per heavy atom. The molecule has 0 radical (unpaired) electrons. The van der Waals surface area contributed by atoms with E-state index in [2.05, 4.69) is 16.3 Å². The monoisotopic (exact) mass is 266 g/mol. The number of hydrogen-bond donors (Lipinski definition) is 1. The van der Waals surface area contributed by atoms with Crippen LogP contribution in [0.1, 0.15) is 19.3 Å². The summed E-state index contributed by atoms with van der Waals surface area (Å²) in [7, 11) is 1.65. The van der Waals surface area contributed by atoms with Gasteiger partial charge in [0.15, 0.2) is 0 Å². The molecule has 1 aromatic rings. The van der Waals surface area contributed by atoms with Crippen LogP contribution in [0.2, 0.25) is 5.02 Å². The van der Waals surface area contributed by atoms with Gasteiger partial charge in [-0.3, -0.25) is 0 Å². The van der Waals surface area contributed by atoms with E-state index in [1.807, 2.05) is 12.1 Å². The van der Waals surface area contributed by atoms with Gasteiger partial charge in [-0.05, 0) is 37.5 Å². The van der Waals surface area contributed by atoms with Gasteiger partial charge in [0.05, 0.1) is 12.1 Å². The molecule has 0 bridgehead atoms. The van der Waals surface area contributed by atoms with Gasteiger partial charge in [-0.15, -0.1) is 0 Å². The predicted molar refractivity (Wildman–Crippen MR) is 74.8 cm³/mol. The Morgan fingerprint density at radius 3 is 2.78 bits per heavy atom. The Kier molecular flexibility index (Phi) is 3.35. The fourth-order valence-electron chi connectivity index (χ4n) is 2.57. The summed E-state index contributed by atoms with van der Waals surface area (Å²) < 4.78 is 5.18. The van der Waals surface area contributed by atoms with E-state index in [1.54, 1.807) is 7.11 Å². The SMILES string of the molecule is COc1ccc(N2CCC(NC3CC3)C2)cc1Cl. The van der Waals surface area contributed by atoms with E-state index in [-0.39, 0.29) is 0 Å². The first-order valence-electron chi connectivity index (χ1n) is 6.61. The number of halogens is 1. The lowest BCUT2D eigenvalue weighted by molar-refractivity contribution is 0.415. The number of anilines is 1. The van der Waals surface area contributed by atoms with Crippen LogP contribution in [0.25, 0.3) is 0 Å². The van der Waals surface area contributed by atoms with Crippen molar-refractivity contribution in [2.75, 3.05) is 25.1 Å². The maximum absolute atomic E-state index is 6.17. The van der Waals surface area contributed by atoms with Crippen LogP contribution >= 0.6 is 11.6 Å². The lowest BCUT2D eigenvalue weighted by Gasteiger charge is -2.20. The van der Waals surface area contributed by atoms with Gasteiger partial charge in [0.2, 0.25) is 0 Å². The molecule has 98 valence electrons. The van der Waals surface area contributed by atoms with Crippen LogP contribution in [0, 0.1) is 0 Å². The Bertz CT molecular complexity index is 434. The molecule has 1 unspecified atom stereocenters. The minimum Gasteiger partial charge on any atom is -0.495 e. The highest BCUT2D eigenvalue weighted by Crippen LogP contribution is 2.31. The van der Waals surface area contributed by atoms with Crippen molar-refractivity contribution in [1.29, 1.82) is 0 Å². The predicted octanol–water partition coefficient (Wildman–Crippen LogP) is 2.68. The number of hydrogen-bond acceptors (Lipinski definition) is 3. The van der Waals surface area contributed by atoms with E-state index in [9.17, 15) is 0 Å². The summed E-state index contributed by atoms with van der Waals surface area (Å²) in [5, 5.41) is 4.38. The van der Waals surface area contributed by atoms with Crippen molar-refractivity contribution in [3.05, 3.63) is 23.2 Å². The Balaban J connectivity index is 1.65. The zero-order valence-corrected chi connectivity index (χ0v) is 11.4. The fraction of sp³-hybridized carbons (Fsp3) is 0.571. The van der Waals surface area contributed by atoms with Crippen molar-refractivity contribution in [3.63, 3.8) is 0 Å². The van der Waals surface area contributed by atoms with Crippen LogP contribution in [0.3, 0.4) is 0 Å². The summed E-state index contributed by atoms with van der Waals surface area (Å²) in [5.74, 6) is 0.743. The zero-order valence-electron chi connectivity index (χ0n) is 10.7. The molecule has 0 aromatic heterocycles. The standard InChI is InChI=1S/C14H19ClN2O/c1-18-14-5-4-12(8-13(14)15)17-7-6-11(9-17)16-10-2-3-10/h4-5,8,10-11,16H,2-3,6-7,9H2,1H3. The van der Waals surface area contributed by atoms with Crippen LogP contribution in [0.15, 0.2) is 18.2 Å². The number of methoxy groups -OCH3 is 1. The van der Waals surface area contributed by atoms with Gasteiger partial charge < -0.3 is 15.0 Å². The third-order valence-electron chi connectivity index (χ3n) is 3.74. The minimum absolute atomic E-state index is 0.637. The summed E-state index contributed by atoms with van der Waals surface area (Å²) in [6.07, 6.45) is 3.93. The average Bonchev–Trinajstić information content (AvgIpc) is 3.05. The zero-order chi connectivity index (χ0) is 12.5. The smallest absolute Gasteiger partial charge is 0.137 e. The molecule has 1 N–H and O–H groups in total. The maximum Gasteiger partial charge on any atom is 0.137 e. The van der Waals surface area contributed by atoms with E-state index in [1.165, 1.54) is 24.9 Å². The molecule has 1 saturated carbocycles. The van der Waals surface area contributed by atoms with Gasteiger partial charge >= 0.3 is 0 Å². The summed E-state index contributed by atoms with van der Waals surface area (Å²) in [5.41, 5.74) is 1.20. The summed E-state index contributed by atoms with van der Waals surface area (Å²) in [4.78, 5) is 2.39. The molecule has 1 aliphatic heterocycles. The quantitative estimate of drug-likeness (QED) is 0.907. The second kappa shape index (κ2) is 4.98. The highest BCUT2D eigenvalue weighted by Gasteiger charge is 2.29. The summed E-state index contributed by atoms with van der Waals surface area (Å²) in [6.45, 7) is 2.19. The average molecular weight is 267 g/mol. The molecule has 3 rings (SSSR count). The van der Waals surface area contributed by atoms with Crippen molar-refractivity contribution < 1.29 is 4.74 Å². The molecular weight excluding hydrogens is 248 g/mol. The van der Waals surface area contributed by atoms with E-state index in [0.717, 1.165) is 24.9 Å². The third kappa shape index (κ3) is 2.57. The molecule has 1 aromatic carbocycles. The molecule has 1 heterocycles. The molecule has 1 atom stereocenters. The Hall–Kier alpha value is -0.930. The molecule has 18 heavy (non-hydrogen) atoms. The lowest BCUT2D eigenvalue weighted by atomic mass is 10.2. The van der Waals surface area contributed by atoms with Gasteiger partial charge in [0.1, 0.15) is 5.75 Å². The van der Waals surface area contributed by atoms with Gasteiger partial charge in [0.25, 0.3) is 0 Å². The number of benzene rings is 1. The fourth-order valence-corrected chi connectivity index (χ4v) is 2.82. The van der Waals surface area contributed by atoms with Crippen molar-refractivity contribution in [1.82, 2.24) is 5.32 Å². The molecule has 0 spiro atoms. The van der Waals surface area contributed by atoms with Crippen molar-refractivity contribution in [3.8, 4) is 5.75 Å². The minimum atomic E-state index is 0.637. The first kappa shape index (κ1) is 12.1. The molecule has 2 fully saturated rings. The van der Waals surface area contributed by atoms with E-state index >= 15 is 0 Å². The highest BCUT2D eigenvalue weighted by atomic mass is 35.5. The number of nitrogens with zero attached hydrogens (tertiary/aromatic N) is 1. The first-order chi connectivity index (χ1) is 8.76. The molecule has 1 aliphatic carbocycles. The number of ether oxygens (including phenoxy) is 1. The largest absolute Gasteiger partial charge is 0.495 e. The van der Waals surface area contributed by atoms with E-state index in [0.29, 0.717) is 11.1 Å². The second-order valence-electron chi connectivity index (χ2n) is 5.19. The van der Waals surface area contributed by atoms with Crippen LogP contribution in [0.5, 0.6) is 5.75 Å². The van der Waals surface area contributed by atoms with Gasteiger partial charge in [-0.25, -0.2) is 0 Å². The first-order valence-corrected chi connectivity index (χ1v) is 6.98. The molecule has 0 amide bonds. The highest BCUT2D eigenvalue weighted by molar-refractivity contribution is 6.32. The van der Waals surface area contributed by atoms with Crippen molar-refractivity contribution in [2.45, 2.75) is 31.3 Å². The summed E-state index contributed by atoms with van der Waals surface area (Å²) in [6, 6.07) is 7.46. The third-order valence-corrected chi connectivity index (χ3v) is 4.03. The molecule has 1 saturated heterocycles. The summed E-state index contributed by atoms with van der Waals surface area (Å²) >= 11 is 6.17. The van der Waals surface area contributed by atoms with Crippen molar-refractivity contribution in [2.24, 2.45) is 0 Å². The van der Waals surface area contributed by atoms with Crippen LogP contribution < -0.4 is 15.0 Å². The maximum atomic E-state index is 6.17. The second-order valence-corrected chi connectivity index (χ2v) is 5.60. The Morgan fingerprint density at radius 1 is 1.28 bits per heavy atom. The topological polar surface area (TPSA) is 24.5 Å². The molecular formula is C14H19ClN2O. The number of rotatable bonds is 4. The molecule has 2 aliphatic rings. The van der Waals surface area contributed by atoms with E-state index < -0.39 is 0 Å². The van der Waals surface area contributed by atoms with Crippen LogP contribution in [-0.2, 0) is 0 Å². The van der Waals surface area contributed by atoms with Gasteiger partial charge in [-0.1, -0.05) is 11.6 Å². The van der Waals surface area contributed by atoms with Crippen LogP contribution in [-0.4, -0.2) is 32.3 Å². The van der Waals surface area contributed by atoms with Crippen LogP contribution in [0.4, 0.5) is 5.69 Å². The van der Waals surface area contributed by atoms with E-state index in [4.69, 9.17) is 16.3 Å². The van der Waals surface area contributed by atoms with Gasteiger partial charge in [-0.2, -0.15) is 0 Å². The number of nitrogens with one attached hydrogen (secondary N) is 1. The molecule has 4 heteroatoms. The van der Waals surface area contributed by atoms with Crippen molar-refractivity contribution >= 4 is 17.3 Å². The Labute approximate surface area is 113 Å².